The van der Waals surface area contributed by atoms with Gasteiger partial charge in [0, 0.05) is 17.9 Å². The van der Waals surface area contributed by atoms with Gasteiger partial charge in [-0.1, -0.05) is 44.1 Å². The van der Waals surface area contributed by atoms with Crippen LogP contribution in [0.5, 0.6) is 0 Å². The molecule has 0 bridgehead atoms. The van der Waals surface area contributed by atoms with Gasteiger partial charge in [-0.25, -0.2) is 0 Å². The summed E-state index contributed by atoms with van der Waals surface area (Å²) in [5.41, 5.74) is 0.962. The van der Waals surface area contributed by atoms with Crippen molar-refractivity contribution in [1.29, 1.82) is 0 Å². The number of esters is 1. The maximum atomic E-state index is 13.7. The number of amides is 1. The van der Waals surface area contributed by atoms with Crippen LogP contribution in [0.3, 0.4) is 0 Å². The number of fused-ring (bicyclic) bond motifs is 1. The van der Waals surface area contributed by atoms with Crippen LogP contribution in [-0.2, 0) is 23.8 Å². The van der Waals surface area contributed by atoms with E-state index in [1.165, 1.54) is 5.57 Å². The lowest BCUT2D eigenvalue weighted by Gasteiger charge is -2.45. The summed E-state index contributed by atoms with van der Waals surface area (Å²) in [6.07, 6.45) is 4.02. The highest BCUT2D eigenvalue weighted by molar-refractivity contribution is 5.92. The zero-order chi connectivity index (χ0) is 25.0. The molecule has 1 amide bonds. The third-order valence-corrected chi connectivity index (χ3v) is 8.07. The zero-order valence-electron chi connectivity index (χ0n) is 21.6. The van der Waals surface area contributed by atoms with E-state index in [0.29, 0.717) is 18.8 Å². The average Bonchev–Trinajstić information content (AvgIpc) is 3.16. The molecular formula is C27H41NO6. The van der Waals surface area contributed by atoms with Gasteiger partial charge in [0.2, 0.25) is 5.60 Å². The largest absolute Gasteiger partial charge is 0.447 e. The van der Waals surface area contributed by atoms with Gasteiger partial charge in [0.25, 0.3) is 5.91 Å². The maximum absolute atomic E-state index is 13.7. The normalized spacial score (nSPS) is 43.9. The van der Waals surface area contributed by atoms with E-state index >= 15 is 0 Å². The molecule has 0 aromatic rings. The fourth-order valence-corrected chi connectivity index (χ4v) is 6.50. The number of hydrogen-bond acceptors (Lipinski definition) is 6. The Morgan fingerprint density at radius 3 is 2.56 bits per heavy atom. The number of aliphatic hydroxyl groups excluding tert-OH is 1. The molecule has 3 aliphatic heterocycles. The van der Waals surface area contributed by atoms with Crippen LogP contribution in [0.25, 0.3) is 0 Å². The number of carbonyl (C=O) groups is 2. The Bertz CT molecular complexity index is 892. The van der Waals surface area contributed by atoms with Crippen LogP contribution in [0.1, 0.15) is 74.1 Å². The molecule has 8 atom stereocenters. The molecule has 1 spiro atoms. The molecule has 0 aromatic heterocycles. The number of carbonyl (C=O) groups excluding carboxylic acids is 2. The summed E-state index contributed by atoms with van der Waals surface area (Å²) in [6, 6.07) is -0.0670. The van der Waals surface area contributed by atoms with Gasteiger partial charge in [0.05, 0.1) is 12.5 Å². The van der Waals surface area contributed by atoms with Crippen molar-refractivity contribution in [2.45, 2.75) is 110 Å². The van der Waals surface area contributed by atoms with Crippen molar-refractivity contribution in [2.75, 3.05) is 0 Å². The Hall–Kier alpha value is -1.70. The minimum Gasteiger partial charge on any atom is -0.447 e. The summed E-state index contributed by atoms with van der Waals surface area (Å²) < 4.78 is 18.3. The fraction of sp³-hybridized carbons (Fsp3) is 0.778. The van der Waals surface area contributed by atoms with Gasteiger partial charge in [-0.2, -0.15) is 0 Å². The molecule has 2 fully saturated rings. The Morgan fingerprint density at radius 2 is 1.88 bits per heavy atom. The predicted molar refractivity (Wildman–Crippen MR) is 128 cm³/mol. The van der Waals surface area contributed by atoms with Crippen molar-refractivity contribution in [3.05, 3.63) is 23.3 Å². The van der Waals surface area contributed by atoms with E-state index in [9.17, 15) is 14.7 Å². The van der Waals surface area contributed by atoms with Crippen LogP contribution in [0.4, 0.5) is 0 Å². The van der Waals surface area contributed by atoms with Gasteiger partial charge < -0.3 is 24.6 Å². The minimum absolute atomic E-state index is 0.0670. The number of nitrogens with one attached hydrogen (secondary N) is 1. The van der Waals surface area contributed by atoms with Gasteiger partial charge in [-0.05, 0) is 58.8 Å². The number of allylic oxidation sites excluding steroid dienone is 2. The van der Waals surface area contributed by atoms with Crippen LogP contribution in [0.15, 0.2) is 23.3 Å². The fourth-order valence-electron chi connectivity index (χ4n) is 6.50. The van der Waals surface area contributed by atoms with Crippen LogP contribution < -0.4 is 5.32 Å². The van der Waals surface area contributed by atoms with Gasteiger partial charge in [-0.3, -0.25) is 9.59 Å². The molecule has 190 valence electrons. The lowest BCUT2D eigenvalue weighted by Crippen LogP contribution is -2.56. The van der Waals surface area contributed by atoms with Crippen molar-refractivity contribution >= 4 is 11.9 Å². The summed E-state index contributed by atoms with van der Waals surface area (Å²) >= 11 is 0. The summed E-state index contributed by atoms with van der Waals surface area (Å²) in [6.45, 7) is 14.1. The van der Waals surface area contributed by atoms with E-state index in [-0.39, 0.29) is 36.1 Å². The van der Waals surface area contributed by atoms with Gasteiger partial charge in [0.1, 0.15) is 12.2 Å². The Morgan fingerprint density at radius 1 is 1.18 bits per heavy atom. The van der Waals surface area contributed by atoms with Crippen LogP contribution in [0.2, 0.25) is 0 Å². The molecule has 4 rings (SSSR count). The molecule has 2 N–H and O–H groups in total. The SMILES string of the molecule is CC1=C[C@H]2/C=C(/C)CC[C@@H](O)[C@H]3OC(C)(C)O[C@H]3CC(=O)O[C@@]23C(=O)N[C@@H](CC(C)C)[C@H]3[C@H]1C. The first-order chi connectivity index (χ1) is 15.8. The van der Waals surface area contributed by atoms with E-state index in [4.69, 9.17) is 14.2 Å². The van der Waals surface area contributed by atoms with Crippen molar-refractivity contribution in [2.24, 2.45) is 23.7 Å². The topological polar surface area (TPSA) is 94.1 Å². The van der Waals surface area contributed by atoms with Gasteiger partial charge in [0.15, 0.2) is 5.79 Å². The van der Waals surface area contributed by atoms with Gasteiger partial charge in [-0.15, -0.1) is 0 Å². The maximum Gasteiger partial charge on any atom is 0.309 e. The highest BCUT2D eigenvalue weighted by Crippen LogP contribution is 2.51. The summed E-state index contributed by atoms with van der Waals surface area (Å²) in [7, 11) is 0. The second-order valence-corrected chi connectivity index (χ2v) is 11.7. The number of hydrogen-bond donors (Lipinski definition) is 2. The lowest BCUT2D eigenvalue weighted by molar-refractivity contribution is -0.180. The second kappa shape index (κ2) is 9.07. The Balaban J connectivity index is 1.78. The van der Waals surface area contributed by atoms with E-state index in [2.05, 4.69) is 45.2 Å². The average molecular weight is 476 g/mol. The standard InChI is InChI=1S/C27H41NO6/c1-14(2)10-19-23-17(5)16(4)12-18-11-15(3)8-9-20(29)24-21(32-26(6,7)34-24)13-22(30)33-27(18,23)25(31)28-19/h11-12,14,17-21,23-24,29H,8-10,13H2,1-7H3,(H,28,31)/b15-11-/t17-,18+,19-,20+,21-,23+,24+,27-/m0/s1. The summed E-state index contributed by atoms with van der Waals surface area (Å²) in [4.78, 5) is 27.2. The molecular weight excluding hydrogens is 434 g/mol. The lowest BCUT2D eigenvalue weighted by atomic mass is 9.63. The van der Waals surface area contributed by atoms with Crippen LogP contribution >= 0.6 is 0 Å². The molecule has 3 heterocycles. The van der Waals surface area contributed by atoms with E-state index in [1.807, 2.05) is 6.92 Å². The second-order valence-electron chi connectivity index (χ2n) is 11.7. The first-order valence-corrected chi connectivity index (χ1v) is 12.8. The first-order valence-electron chi connectivity index (χ1n) is 12.8. The smallest absolute Gasteiger partial charge is 0.309 e. The molecule has 1 aliphatic carbocycles. The van der Waals surface area contributed by atoms with Crippen molar-refractivity contribution in [1.82, 2.24) is 5.32 Å². The molecule has 2 saturated heterocycles. The van der Waals surface area contributed by atoms with E-state index < -0.39 is 35.7 Å². The molecule has 4 aliphatic rings. The van der Waals surface area contributed by atoms with E-state index in [1.54, 1.807) is 13.8 Å². The molecule has 0 saturated carbocycles. The highest BCUT2D eigenvalue weighted by atomic mass is 16.8. The Labute approximate surface area is 203 Å². The molecule has 7 nitrogen and oxygen atoms in total. The summed E-state index contributed by atoms with van der Waals surface area (Å²) in [5, 5.41) is 14.1. The van der Waals surface area contributed by atoms with E-state index in [0.717, 1.165) is 12.0 Å². The molecule has 0 radical (unpaired) electrons. The molecule has 0 aromatic carbocycles. The third-order valence-electron chi connectivity index (χ3n) is 8.07. The van der Waals surface area contributed by atoms with Crippen molar-refractivity contribution in [3.63, 3.8) is 0 Å². The molecule has 0 unspecified atom stereocenters. The zero-order valence-corrected chi connectivity index (χ0v) is 21.6. The summed E-state index contributed by atoms with van der Waals surface area (Å²) in [5.74, 6) is -1.65. The van der Waals surface area contributed by atoms with Gasteiger partial charge >= 0.3 is 5.97 Å². The first kappa shape index (κ1) is 25.4. The number of ether oxygens (including phenoxy) is 3. The third kappa shape index (κ3) is 4.47. The predicted octanol–water partition coefficient (Wildman–Crippen LogP) is 3.65. The molecule has 34 heavy (non-hydrogen) atoms. The Kier molecular flexibility index (Phi) is 6.77. The van der Waals surface area contributed by atoms with Crippen molar-refractivity contribution < 1.29 is 28.9 Å². The van der Waals surface area contributed by atoms with Crippen LogP contribution in [0, 0.1) is 23.7 Å². The monoisotopic (exact) mass is 475 g/mol. The quantitative estimate of drug-likeness (QED) is 0.468. The van der Waals surface area contributed by atoms with Crippen LogP contribution in [-0.4, -0.2) is 52.7 Å². The highest BCUT2D eigenvalue weighted by Gasteiger charge is 2.64. The van der Waals surface area contributed by atoms with Crippen molar-refractivity contribution in [3.8, 4) is 0 Å². The number of aliphatic hydroxyl groups is 1. The minimum atomic E-state index is -1.29. The molecule has 7 heteroatoms. The number of rotatable bonds is 2.